The minimum atomic E-state index is -0.519. The molecule has 3 aromatic rings. The summed E-state index contributed by atoms with van der Waals surface area (Å²) in [5.41, 5.74) is 8.38. The van der Waals surface area contributed by atoms with E-state index in [1.54, 1.807) is 28.9 Å². The van der Waals surface area contributed by atoms with E-state index >= 15 is 0 Å². The molecule has 0 bridgehead atoms. The van der Waals surface area contributed by atoms with Gasteiger partial charge in [-0.25, -0.2) is 4.98 Å². The Morgan fingerprint density at radius 1 is 1.26 bits per heavy atom. The van der Waals surface area contributed by atoms with Crippen molar-refractivity contribution in [1.82, 2.24) is 24.6 Å². The Balaban J connectivity index is 2.00. The lowest BCUT2D eigenvalue weighted by Gasteiger charge is -2.10. The highest BCUT2D eigenvalue weighted by molar-refractivity contribution is 6.03. The maximum atomic E-state index is 12.8. The number of hydrogen-bond acceptors (Lipinski definition) is 5. The third-order valence-electron chi connectivity index (χ3n) is 4.28. The first-order valence-corrected chi connectivity index (χ1v) is 8.75. The number of hydrogen-bond donors (Lipinski definition) is 3. The number of rotatable bonds is 7. The largest absolute Gasteiger partial charge is 0.366 e. The van der Waals surface area contributed by atoms with Crippen molar-refractivity contribution in [2.45, 2.75) is 26.9 Å². The highest BCUT2D eigenvalue weighted by Gasteiger charge is 2.18. The molecule has 0 aliphatic carbocycles. The number of anilines is 1. The van der Waals surface area contributed by atoms with Gasteiger partial charge in [0.15, 0.2) is 0 Å². The van der Waals surface area contributed by atoms with Gasteiger partial charge >= 0.3 is 0 Å². The van der Waals surface area contributed by atoms with E-state index in [0.29, 0.717) is 42.4 Å². The normalized spacial score (nSPS) is 11.1. The predicted molar refractivity (Wildman–Crippen MR) is 103 cm³/mol. The van der Waals surface area contributed by atoms with Crippen LogP contribution in [0.25, 0.3) is 11.0 Å². The van der Waals surface area contributed by atoms with E-state index in [9.17, 15) is 9.59 Å². The zero-order chi connectivity index (χ0) is 19.6. The van der Waals surface area contributed by atoms with Crippen LogP contribution in [0.1, 0.15) is 33.5 Å². The van der Waals surface area contributed by atoms with Crippen molar-refractivity contribution in [3.05, 3.63) is 41.2 Å². The Morgan fingerprint density at radius 3 is 2.70 bits per heavy atom. The summed E-state index contributed by atoms with van der Waals surface area (Å²) in [6, 6.07) is 6.81. The maximum Gasteiger partial charge on any atom is 0.276 e. The summed E-state index contributed by atoms with van der Waals surface area (Å²) in [7, 11) is 1.85. The quantitative estimate of drug-likeness (QED) is 0.577. The van der Waals surface area contributed by atoms with Gasteiger partial charge in [0.05, 0.1) is 16.7 Å². The van der Waals surface area contributed by atoms with Crippen LogP contribution in [-0.2, 0) is 13.1 Å². The van der Waals surface area contributed by atoms with Crippen LogP contribution < -0.4 is 16.4 Å². The molecular weight excluding hydrogens is 346 g/mol. The molecule has 0 saturated carbocycles. The van der Waals surface area contributed by atoms with E-state index in [1.165, 1.54) is 0 Å². The minimum Gasteiger partial charge on any atom is -0.366 e. The molecule has 2 amide bonds. The van der Waals surface area contributed by atoms with Gasteiger partial charge in [0, 0.05) is 25.2 Å². The number of primary amides is 1. The van der Waals surface area contributed by atoms with Crippen molar-refractivity contribution in [1.29, 1.82) is 0 Å². The van der Waals surface area contributed by atoms with Crippen LogP contribution in [0.5, 0.6) is 0 Å². The van der Waals surface area contributed by atoms with Crippen LogP contribution in [0.3, 0.4) is 0 Å². The van der Waals surface area contributed by atoms with Crippen LogP contribution in [0, 0.1) is 6.92 Å². The van der Waals surface area contributed by atoms with Crippen molar-refractivity contribution in [2.24, 2.45) is 5.73 Å². The minimum absolute atomic E-state index is 0.284. The third-order valence-corrected chi connectivity index (χ3v) is 4.28. The average molecular weight is 369 g/mol. The van der Waals surface area contributed by atoms with E-state index in [0.717, 1.165) is 11.2 Å². The number of nitrogens with one attached hydrogen (secondary N) is 2. The van der Waals surface area contributed by atoms with Crippen molar-refractivity contribution in [3.8, 4) is 0 Å². The first-order chi connectivity index (χ1) is 12.9. The number of likely N-dealkylation sites (N-methyl/N-ethyl adjacent to an activating group) is 1. The second-order valence-electron chi connectivity index (χ2n) is 6.20. The topological polar surface area (TPSA) is 120 Å². The molecule has 3 rings (SSSR count). The van der Waals surface area contributed by atoms with Crippen LogP contribution in [0.15, 0.2) is 24.3 Å². The van der Waals surface area contributed by atoms with E-state index < -0.39 is 5.91 Å². The van der Waals surface area contributed by atoms with Gasteiger partial charge in [0.1, 0.15) is 5.69 Å². The van der Waals surface area contributed by atoms with E-state index in [4.69, 9.17) is 5.73 Å². The first kappa shape index (κ1) is 18.6. The van der Waals surface area contributed by atoms with Crippen molar-refractivity contribution in [2.75, 3.05) is 18.9 Å². The van der Waals surface area contributed by atoms with Gasteiger partial charge in [-0.3, -0.25) is 19.6 Å². The van der Waals surface area contributed by atoms with Crippen LogP contribution in [0.2, 0.25) is 0 Å². The summed E-state index contributed by atoms with van der Waals surface area (Å²) in [5, 5.41) is 10.3. The van der Waals surface area contributed by atoms with Crippen LogP contribution in [-0.4, -0.2) is 44.7 Å². The molecule has 9 nitrogen and oxygen atoms in total. The highest BCUT2D eigenvalue weighted by Crippen LogP contribution is 2.22. The number of carbonyl (C=O) groups is 2. The molecule has 0 saturated heterocycles. The van der Waals surface area contributed by atoms with Gasteiger partial charge in [0.25, 0.3) is 5.91 Å². The van der Waals surface area contributed by atoms with Gasteiger partial charge < -0.3 is 15.6 Å². The van der Waals surface area contributed by atoms with Crippen LogP contribution >= 0.6 is 0 Å². The lowest BCUT2D eigenvalue weighted by atomic mass is 10.2. The molecule has 2 heterocycles. The second kappa shape index (κ2) is 7.58. The maximum absolute atomic E-state index is 12.8. The zero-order valence-corrected chi connectivity index (χ0v) is 15.6. The number of fused-ring (bicyclic) bond motifs is 1. The number of imidazole rings is 1. The van der Waals surface area contributed by atoms with Crippen LogP contribution in [0.4, 0.5) is 5.95 Å². The Morgan fingerprint density at radius 2 is 2.04 bits per heavy atom. The number of nitrogens with zero attached hydrogens (tertiary/aromatic N) is 4. The first-order valence-electron chi connectivity index (χ1n) is 8.75. The predicted octanol–water partition coefficient (Wildman–Crippen LogP) is 1.13. The number of benzene rings is 1. The van der Waals surface area contributed by atoms with Crippen molar-refractivity contribution < 1.29 is 9.59 Å². The molecule has 9 heteroatoms. The summed E-state index contributed by atoms with van der Waals surface area (Å²) in [6.45, 7) is 5.66. The Hall–Kier alpha value is -3.20. The summed E-state index contributed by atoms with van der Waals surface area (Å²) in [6.07, 6.45) is 0. The molecule has 0 unspecified atom stereocenters. The number of aromatic nitrogens is 4. The van der Waals surface area contributed by atoms with E-state index in [-0.39, 0.29) is 5.91 Å². The molecule has 142 valence electrons. The second-order valence-corrected chi connectivity index (χ2v) is 6.20. The fourth-order valence-corrected chi connectivity index (χ4v) is 2.96. The fraction of sp³-hybridized carbons (Fsp3) is 0.333. The lowest BCUT2D eigenvalue weighted by molar-refractivity contribution is 0.0996. The van der Waals surface area contributed by atoms with Gasteiger partial charge in [0.2, 0.25) is 11.9 Å². The average Bonchev–Trinajstić information content (AvgIpc) is 3.19. The zero-order valence-electron chi connectivity index (χ0n) is 15.6. The van der Waals surface area contributed by atoms with Gasteiger partial charge in [-0.1, -0.05) is 0 Å². The molecule has 2 aromatic heterocycles. The van der Waals surface area contributed by atoms with Gasteiger partial charge in [-0.05, 0) is 45.2 Å². The molecule has 4 N–H and O–H groups in total. The molecule has 0 aliphatic rings. The molecule has 0 radical (unpaired) electrons. The molecule has 0 atom stereocenters. The molecule has 1 aromatic carbocycles. The smallest absolute Gasteiger partial charge is 0.276 e. The number of amides is 2. The third kappa shape index (κ3) is 3.68. The van der Waals surface area contributed by atoms with Gasteiger partial charge in [-0.15, -0.1) is 0 Å². The van der Waals surface area contributed by atoms with E-state index in [1.807, 2.05) is 25.5 Å². The summed E-state index contributed by atoms with van der Waals surface area (Å²) < 4.78 is 3.55. The number of aryl methyl sites for hydroxylation is 2. The molecule has 27 heavy (non-hydrogen) atoms. The molecule has 0 aliphatic heterocycles. The molecular formula is C18H23N7O2. The highest BCUT2D eigenvalue weighted by atomic mass is 16.2. The molecule has 0 spiro atoms. The summed E-state index contributed by atoms with van der Waals surface area (Å²) in [5.74, 6) is -0.392. The fourth-order valence-electron chi connectivity index (χ4n) is 2.96. The summed E-state index contributed by atoms with van der Waals surface area (Å²) in [4.78, 5) is 28.7. The SMILES string of the molecule is CCn1nc(C)cc1C(=O)Nc1nc2cc(C(N)=O)ccc2n1CCNC. The number of carbonyl (C=O) groups excluding carboxylic acids is 2. The van der Waals surface area contributed by atoms with Crippen molar-refractivity contribution >= 4 is 28.8 Å². The number of nitrogens with two attached hydrogens (primary N) is 1. The van der Waals surface area contributed by atoms with E-state index in [2.05, 4.69) is 20.7 Å². The summed E-state index contributed by atoms with van der Waals surface area (Å²) >= 11 is 0. The Labute approximate surface area is 156 Å². The Bertz CT molecular complexity index is 1000. The Kier molecular flexibility index (Phi) is 5.22. The standard InChI is InChI=1S/C18H23N7O2/c1-4-25-15(9-11(2)23-25)17(27)22-18-21-13-10-12(16(19)26)5-6-14(13)24(18)8-7-20-3/h5-6,9-10,20H,4,7-8H2,1-3H3,(H2,19,26)(H,21,22,27). The van der Waals surface area contributed by atoms with Crippen molar-refractivity contribution in [3.63, 3.8) is 0 Å². The lowest BCUT2D eigenvalue weighted by Crippen LogP contribution is -2.22. The molecule has 0 fully saturated rings. The van der Waals surface area contributed by atoms with Gasteiger partial charge in [-0.2, -0.15) is 5.10 Å². The monoisotopic (exact) mass is 369 g/mol.